The molecule has 0 saturated carbocycles. The highest BCUT2D eigenvalue weighted by Gasteiger charge is 2.23. The van der Waals surface area contributed by atoms with Gasteiger partial charge in [-0.15, -0.1) is 0 Å². The van der Waals surface area contributed by atoms with Gasteiger partial charge >= 0.3 is 0 Å². The minimum absolute atomic E-state index is 0.193. The van der Waals surface area contributed by atoms with Gasteiger partial charge in [-0.05, 0) is 48.4 Å². The molecule has 32 heavy (non-hydrogen) atoms. The van der Waals surface area contributed by atoms with Gasteiger partial charge in [0.1, 0.15) is 17.0 Å². The van der Waals surface area contributed by atoms with Gasteiger partial charge in [0.25, 0.3) is 0 Å². The van der Waals surface area contributed by atoms with Crippen LogP contribution < -0.4 is 4.90 Å². The van der Waals surface area contributed by atoms with E-state index in [4.69, 9.17) is 9.72 Å². The van der Waals surface area contributed by atoms with Gasteiger partial charge in [0.2, 0.25) is 0 Å². The Bertz CT molecular complexity index is 1350. The number of ether oxygens (including phenoxy) is 1. The molecule has 1 atom stereocenters. The summed E-state index contributed by atoms with van der Waals surface area (Å²) >= 11 is 0. The first kappa shape index (κ1) is 20.8. The summed E-state index contributed by atoms with van der Waals surface area (Å²) in [5, 5.41) is 0.953. The predicted octanol–water partition coefficient (Wildman–Crippen LogP) is 3.28. The molecule has 5 rings (SSSR count). The molecule has 0 N–H and O–H groups in total. The number of hydrogen-bond donors (Lipinski definition) is 0. The van der Waals surface area contributed by atoms with Crippen LogP contribution in [0.3, 0.4) is 0 Å². The van der Waals surface area contributed by atoms with Crippen LogP contribution in [0, 0.1) is 0 Å². The van der Waals surface area contributed by atoms with Gasteiger partial charge in [0.05, 0.1) is 36.4 Å². The van der Waals surface area contributed by atoms with Crippen LogP contribution in [0.25, 0.3) is 22.0 Å². The van der Waals surface area contributed by atoms with Crippen molar-refractivity contribution in [3.05, 3.63) is 60.4 Å². The van der Waals surface area contributed by atoms with Crippen molar-refractivity contribution in [3.8, 4) is 11.1 Å². The number of aromatic nitrogens is 2. The smallest absolute Gasteiger partial charge is 0.175 e. The number of rotatable bonds is 4. The lowest BCUT2D eigenvalue weighted by Crippen LogP contribution is -2.44. The van der Waals surface area contributed by atoms with Crippen molar-refractivity contribution in [2.24, 2.45) is 4.99 Å². The highest BCUT2D eigenvalue weighted by Crippen LogP contribution is 2.34. The molecule has 0 bridgehead atoms. The van der Waals surface area contributed by atoms with Crippen molar-refractivity contribution in [1.82, 2.24) is 9.97 Å². The van der Waals surface area contributed by atoms with E-state index < -0.39 is 9.84 Å². The number of sulfone groups is 1. The Morgan fingerprint density at radius 2 is 1.97 bits per heavy atom. The molecule has 0 radical (unpaired) electrons. The molecule has 0 spiro atoms. The fourth-order valence-corrected chi connectivity index (χ4v) is 4.81. The van der Waals surface area contributed by atoms with Crippen molar-refractivity contribution in [1.29, 1.82) is 0 Å². The van der Waals surface area contributed by atoms with Gasteiger partial charge in [-0.1, -0.05) is 18.2 Å². The summed E-state index contributed by atoms with van der Waals surface area (Å²) < 4.78 is 29.5. The molecule has 3 aromatic rings. The number of nitrogens with zero attached hydrogens (tertiary/aromatic N) is 4. The summed E-state index contributed by atoms with van der Waals surface area (Å²) in [6.07, 6.45) is 6.98. The maximum Gasteiger partial charge on any atom is 0.175 e. The molecule has 1 aromatic carbocycles. The van der Waals surface area contributed by atoms with E-state index in [1.165, 1.54) is 6.26 Å². The molecule has 4 heterocycles. The van der Waals surface area contributed by atoms with Gasteiger partial charge in [-0.2, -0.15) is 0 Å². The molecule has 0 aliphatic carbocycles. The first-order valence-corrected chi connectivity index (χ1v) is 12.5. The van der Waals surface area contributed by atoms with Crippen molar-refractivity contribution >= 4 is 32.3 Å². The number of fused-ring (bicyclic) bond motifs is 1. The molecule has 2 aliphatic rings. The average Bonchev–Trinajstić information content (AvgIpc) is 3.32. The fraction of sp³-hybridized carbons (Fsp3) is 0.292. The Morgan fingerprint density at radius 1 is 1.16 bits per heavy atom. The molecular formula is C24H24N4O3S. The van der Waals surface area contributed by atoms with Crippen LogP contribution in [0.15, 0.2) is 64.6 Å². The summed E-state index contributed by atoms with van der Waals surface area (Å²) in [6.45, 7) is 4.82. The lowest BCUT2D eigenvalue weighted by Gasteiger charge is -2.34. The summed E-state index contributed by atoms with van der Waals surface area (Å²) in [4.78, 5) is 16.8. The van der Waals surface area contributed by atoms with Gasteiger partial charge < -0.3 is 9.64 Å². The molecule has 164 valence electrons. The second-order valence-corrected chi connectivity index (χ2v) is 10.1. The fourth-order valence-electron chi connectivity index (χ4n) is 4.18. The highest BCUT2D eigenvalue weighted by molar-refractivity contribution is 7.90. The number of pyridine rings is 2. The summed E-state index contributed by atoms with van der Waals surface area (Å²) in [5.41, 5.74) is 4.28. The van der Waals surface area contributed by atoms with Crippen LogP contribution >= 0.6 is 0 Å². The van der Waals surface area contributed by atoms with Crippen molar-refractivity contribution in [3.63, 3.8) is 0 Å². The third kappa shape index (κ3) is 3.80. The number of aliphatic imine (C=N–C) groups is 1. The second-order valence-electron chi connectivity index (χ2n) is 8.13. The zero-order valence-corrected chi connectivity index (χ0v) is 18.8. The lowest BCUT2D eigenvalue weighted by atomic mass is 9.99. The van der Waals surface area contributed by atoms with Crippen LogP contribution in [-0.4, -0.2) is 62.7 Å². The molecule has 1 saturated heterocycles. The minimum atomic E-state index is -3.26. The number of hydrogen-bond acceptors (Lipinski definition) is 7. The molecule has 2 aromatic heterocycles. The zero-order valence-electron chi connectivity index (χ0n) is 18.0. The SMILES string of the molecule is C[C@@H]1COCCN1c1cc(-c2ccc(S(C)(=O)=O)cc2)c2ccnc(C3=NCC=C3)c2n1. The van der Waals surface area contributed by atoms with Crippen LogP contribution in [0.4, 0.5) is 5.82 Å². The van der Waals surface area contributed by atoms with E-state index in [1.54, 1.807) is 18.3 Å². The van der Waals surface area contributed by atoms with E-state index in [9.17, 15) is 8.42 Å². The molecule has 1 fully saturated rings. The van der Waals surface area contributed by atoms with Crippen LogP contribution in [0.2, 0.25) is 0 Å². The first-order valence-electron chi connectivity index (χ1n) is 10.6. The van der Waals surface area contributed by atoms with Crippen molar-refractivity contribution < 1.29 is 13.2 Å². The maximum atomic E-state index is 11.9. The number of anilines is 1. The maximum absolute atomic E-state index is 11.9. The Balaban J connectivity index is 1.73. The summed E-state index contributed by atoms with van der Waals surface area (Å²) in [5.74, 6) is 0.854. The third-order valence-electron chi connectivity index (χ3n) is 5.85. The Hall–Kier alpha value is -3.10. The average molecular weight is 449 g/mol. The van der Waals surface area contributed by atoms with Crippen LogP contribution in [-0.2, 0) is 14.6 Å². The minimum Gasteiger partial charge on any atom is -0.377 e. The standard InChI is InChI=1S/C24H24N4O3S/c1-16-15-31-13-12-28(16)22-14-20(17-5-7-18(8-6-17)32(2,29)30)19-9-11-26-24(23(19)27-22)21-4-3-10-25-21/h3-9,11,14,16H,10,12-13,15H2,1-2H3/t16-/m1/s1. The zero-order chi connectivity index (χ0) is 22.3. The van der Waals surface area contributed by atoms with E-state index in [1.807, 2.05) is 30.4 Å². The predicted molar refractivity (Wildman–Crippen MR) is 126 cm³/mol. The normalized spacial score (nSPS) is 18.9. The van der Waals surface area contributed by atoms with E-state index in [0.29, 0.717) is 24.7 Å². The second kappa shape index (κ2) is 8.11. The Labute approximate surface area is 187 Å². The van der Waals surface area contributed by atoms with Crippen molar-refractivity contribution in [2.75, 3.05) is 37.5 Å². The molecule has 8 heteroatoms. The molecule has 7 nitrogen and oxygen atoms in total. The largest absolute Gasteiger partial charge is 0.377 e. The molecular weight excluding hydrogens is 424 g/mol. The molecule has 0 unspecified atom stereocenters. The van der Waals surface area contributed by atoms with Crippen LogP contribution in [0.1, 0.15) is 12.6 Å². The third-order valence-corrected chi connectivity index (χ3v) is 6.98. The van der Waals surface area contributed by atoms with Gasteiger partial charge in [0.15, 0.2) is 9.84 Å². The first-order chi connectivity index (χ1) is 15.4. The highest BCUT2D eigenvalue weighted by atomic mass is 32.2. The Kier molecular flexibility index (Phi) is 5.27. The van der Waals surface area contributed by atoms with E-state index >= 15 is 0 Å². The van der Waals surface area contributed by atoms with Crippen LogP contribution in [0.5, 0.6) is 0 Å². The van der Waals surface area contributed by atoms with E-state index in [2.05, 4.69) is 27.9 Å². The summed E-state index contributed by atoms with van der Waals surface area (Å²) in [7, 11) is -3.26. The number of benzene rings is 1. The number of morpholine rings is 1. The van der Waals surface area contributed by atoms with Gasteiger partial charge in [-0.3, -0.25) is 9.98 Å². The number of allylic oxidation sites excluding steroid dienone is 1. The monoisotopic (exact) mass is 448 g/mol. The quantitative estimate of drug-likeness (QED) is 0.609. The van der Waals surface area contributed by atoms with Crippen molar-refractivity contribution in [2.45, 2.75) is 17.9 Å². The van der Waals surface area contributed by atoms with E-state index in [0.717, 1.165) is 45.8 Å². The molecule has 0 amide bonds. The Morgan fingerprint density at radius 3 is 2.66 bits per heavy atom. The molecule has 2 aliphatic heterocycles. The lowest BCUT2D eigenvalue weighted by molar-refractivity contribution is 0.0986. The topological polar surface area (TPSA) is 84.8 Å². The summed E-state index contributed by atoms with van der Waals surface area (Å²) in [6, 6.07) is 11.2. The van der Waals surface area contributed by atoms with E-state index in [-0.39, 0.29) is 6.04 Å². The van der Waals surface area contributed by atoms with Gasteiger partial charge in [-0.25, -0.2) is 13.4 Å². The van der Waals surface area contributed by atoms with Gasteiger partial charge in [0, 0.05) is 24.4 Å².